The zero-order valence-electron chi connectivity index (χ0n) is 11.9. The van der Waals surface area contributed by atoms with Crippen LogP contribution < -0.4 is 5.32 Å². The summed E-state index contributed by atoms with van der Waals surface area (Å²) in [6, 6.07) is 13.1. The van der Waals surface area contributed by atoms with Crippen LogP contribution in [0.1, 0.15) is 10.9 Å². The van der Waals surface area contributed by atoms with Crippen LogP contribution in [-0.4, -0.2) is 22.3 Å². The smallest absolute Gasteiger partial charge is 0.174 e. The predicted octanol–water partition coefficient (Wildman–Crippen LogP) is 6.09. The highest BCUT2D eigenvalue weighted by molar-refractivity contribution is 7.99. The zero-order valence-corrected chi connectivity index (χ0v) is 15.8. The summed E-state index contributed by atoms with van der Waals surface area (Å²) < 4.78 is 0. The van der Waals surface area contributed by atoms with E-state index in [9.17, 15) is 0 Å². The third-order valence-electron chi connectivity index (χ3n) is 3.46. The third-order valence-corrected chi connectivity index (χ3v) is 5.83. The van der Waals surface area contributed by atoms with Crippen LogP contribution in [0.5, 0.6) is 0 Å². The molecule has 3 rings (SSSR count). The first-order valence-electron chi connectivity index (χ1n) is 6.94. The fraction of sp³-hybridized carbons (Fsp3) is 0.188. The summed E-state index contributed by atoms with van der Waals surface area (Å²) in [5.41, 5.74) is 1.90. The van der Waals surface area contributed by atoms with Gasteiger partial charge >= 0.3 is 0 Å². The van der Waals surface area contributed by atoms with Crippen LogP contribution in [0.15, 0.2) is 42.5 Å². The van der Waals surface area contributed by atoms with Crippen molar-refractivity contribution in [2.24, 2.45) is 0 Å². The van der Waals surface area contributed by atoms with Crippen molar-refractivity contribution in [2.75, 3.05) is 17.6 Å². The molecule has 23 heavy (non-hydrogen) atoms. The number of halogens is 3. The average molecular weight is 404 g/mol. The molecule has 0 aromatic heterocycles. The highest BCUT2D eigenvalue weighted by atomic mass is 35.5. The molecule has 2 nitrogen and oxygen atoms in total. The van der Waals surface area contributed by atoms with Gasteiger partial charge in [-0.25, -0.2) is 0 Å². The van der Waals surface area contributed by atoms with E-state index in [0.29, 0.717) is 20.2 Å². The molecule has 0 radical (unpaired) electrons. The standard InChI is InChI=1S/C16H13Cl3N2S2/c17-10-2-1-3-12(8-10)20-16(22)21-6-7-23-15(21)13-5-4-11(18)9-14(13)19/h1-5,8-9,15H,6-7H2,(H,20,22)/t15-/m0/s1. The van der Waals surface area contributed by atoms with Crippen LogP contribution >= 0.6 is 58.8 Å². The molecule has 0 saturated carbocycles. The van der Waals surface area contributed by atoms with Crippen LogP contribution in [-0.2, 0) is 0 Å². The van der Waals surface area contributed by atoms with Crippen molar-refractivity contribution in [3.63, 3.8) is 0 Å². The van der Waals surface area contributed by atoms with E-state index in [4.69, 9.17) is 47.0 Å². The SMILES string of the molecule is S=C(Nc1cccc(Cl)c1)N1CCS[C@H]1c1ccc(Cl)cc1Cl. The summed E-state index contributed by atoms with van der Waals surface area (Å²) in [6.07, 6.45) is 0. The maximum Gasteiger partial charge on any atom is 0.174 e. The minimum atomic E-state index is 0.0824. The summed E-state index contributed by atoms with van der Waals surface area (Å²) in [7, 11) is 0. The van der Waals surface area contributed by atoms with E-state index in [1.54, 1.807) is 6.07 Å². The first-order chi connectivity index (χ1) is 11.0. The van der Waals surface area contributed by atoms with E-state index in [1.165, 1.54) is 0 Å². The van der Waals surface area contributed by atoms with Gasteiger partial charge < -0.3 is 10.2 Å². The minimum Gasteiger partial charge on any atom is -0.333 e. The maximum absolute atomic E-state index is 6.35. The molecule has 0 spiro atoms. The fourth-order valence-electron chi connectivity index (χ4n) is 2.40. The number of rotatable bonds is 2. The second-order valence-corrected chi connectivity index (χ2v) is 7.88. The topological polar surface area (TPSA) is 15.3 Å². The third kappa shape index (κ3) is 4.06. The number of nitrogens with zero attached hydrogens (tertiary/aromatic N) is 1. The molecule has 0 aliphatic carbocycles. The lowest BCUT2D eigenvalue weighted by Crippen LogP contribution is -2.34. The van der Waals surface area contributed by atoms with Gasteiger partial charge in [0.1, 0.15) is 5.37 Å². The minimum absolute atomic E-state index is 0.0824. The van der Waals surface area contributed by atoms with Crippen LogP contribution in [0.4, 0.5) is 5.69 Å². The normalized spacial score (nSPS) is 17.3. The van der Waals surface area contributed by atoms with E-state index in [1.807, 2.05) is 48.2 Å². The second-order valence-electron chi connectivity index (χ2n) is 5.02. The average Bonchev–Trinajstić information content (AvgIpc) is 2.96. The van der Waals surface area contributed by atoms with Gasteiger partial charge in [-0.2, -0.15) is 0 Å². The Bertz CT molecular complexity index is 739. The number of hydrogen-bond acceptors (Lipinski definition) is 2. The summed E-state index contributed by atoms with van der Waals surface area (Å²) >= 11 is 25.7. The molecule has 1 saturated heterocycles. The number of hydrogen-bond donors (Lipinski definition) is 1. The summed E-state index contributed by atoms with van der Waals surface area (Å²) in [5.74, 6) is 0.987. The second kappa shape index (κ2) is 7.49. The maximum atomic E-state index is 6.35. The Labute approximate surface area is 160 Å². The van der Waals surface area contributed by atoms with Crippen molar-refractivity contribution in [2.45, 2.75) is 5.37 Å². The molecule has 1 heterocycles. The van der Waals surface area contributed by atoms with Gasteiger partial charge in [-0.1, -0.05) is 46.9 Å². The van der Waals surface area contributed by atoms with Crippen LogP contribution in [0.3, 0.4) is 0 Å². The number of nitrogens with one attached hydrogen (secondary N) is 1. The predicted molar refractivity (Wildman–Crippen MR) is 106 cm³/mol. The van der Waals surface area contributed by atoms with Crippen LogP contribution in [0, 0.1) is 0 Å². The number of benzene rings is 2. The van der Waals surface area contributed by atoms with E-state index < -0.39 is 0 Å². The van der Waals surface area contributed by atoms with Gasteiger partial charge in [-0.15, -0.1) is 11.8 Å². The first-order valence-corrected chi connectivity index (χ1v) is 9.53. The molecule has 2 aromatic carbocycles. The van der Waals surface area contributed by atoms with Gasteiger partial charge in [0.2, 0.25) is 0 Å². The summed E-state index contributed by atoms with van der Waals surface area (Å²) in [6.45, 7) is 0.862. The Morgan fingerprint density at radius 1 is 1.13 bits per heavy atom. The lowest BCUT2D eigenvalue weighted by molar-refractivity contribution is 0.458. The van der Waals surface area contributed by atoms with Gasteiger partial charge in [0.25, 0.3) is 0 Å². The molecule has 1 aliphatic heterocycles. The van der Waals surface area contributed by atoms with Crippen molar-refractivity contribution in [1.29, 1.82) is 0 Å². The molecule has 0 bridgehead atoms. The Kier molecular flexibility index (Phi) is 5.60. The molecule has 1 atom stereocenters. The molecule has 2 aromatic rings. The van der Waals surface area contributed by atoms with E-state index in [-0.39, 0.29) is 5.37 Å². The molecule has 0 unspecified atom stereocenters. The highest BCUT2D eigenvalue weighted by Gasteiger charge is 2.30. The molecule has 120 valence electrons. The van der Waals surface area contributed by atoms with Gasteiger partial charge in [-0.05, 0) is 42.5 Å². The Morgan fingerprint density at radius 3 is 2.65 bits per heavy atom. The van der Waals surface area contributed by atoms with E-state index >= 15 is 0 Å². The van der Waals surface area contributed by atoms with Crippen molar-refractivity contribution in [3.05, 3.63) is 63.1 Å². The first kappa shape index (κ1) is 17.2. The van der Waals surface area contributed by atoms with Crippen molar-refractivity contribution < 1.29 is 0 Å². The molecule has 1 aliphatic rings. The van der Waals surface area contributed by atoms with Crippen molar-refractivity contribution in [1.82, 2.24) is 4.90 Å². The Balaban J connectivity index is 1.79. The molecule has 1 fully saturated rings. The van der Waals surface area contributed by atoms with Crippen molar-refractivity contribution in [3.8, 4) is 0 Å². The van der Waals surface area contributed by atoms with Crippen LogP contribution in [0.2, 0.25) is 15.1 Å². The van der Waals surface area contributed by atoms with Crippen molar-refractivity contribution >= 4 is 69.6 Å². The van der Waals surface area contributed by atoms with Gasteiger partial charge in [0.15, 0.2) is 5.11 Å². The largest absolute Gasteiger partial charge is 0.333 e. The Morgan fingerprint density at radius 2 is 1.91 bits per heavy atom. The lowest BCUT2D eigenvalue weighted by atomic mass is 10.2. The van der Waals surface area contributed by atoms with Gasteiger partial charge in [-0.3, -0.25) is 0 Å². The highest BCUT2D eigenvalue weighted by Crippen LogP contribution is 2.41. The lowest BCUT2D eigenvalue weighted by Gasteiger charge is -2.27. The van der Waals surface area contributed by atoms with Gasteiger partial charge in [0, 0.05) is 38.6 Å². The molecule has 0 amide bonds. The molecule has 7 heteroatoms. The van der Waals surface area contributed by atoms with Gasteiger partial charge in [0.05, 0.1) is 0 Å². The van der Waals surface area contributed by atoms with E-state index in [0.717, 1.165) is 23.5 Å². The Hall–Kier alpha value is -0.650. The molecule has 1 N–H and O–H groups in total. The van der Waals surface area contributed by atoms with Crippen LogP contribution in [0.25, 0.3) is 0 Å². The number of anilines is 1. The number of thioether (sulfide) groups is 1. The molecular weight excluding hydrogens is 391 g/mol. The summed E-state index contributed by atoms with van der Waals surface area (Å²) in [5, 5.41) is 5.95. The summed E-state index contributed by atoms with van der Waals surface area (Å²) in [4.78, 5) is 2.13. The van der Waals surface area contributed by atoms with E-state index in [2.05, 4.69) is 10.2 Å². The quantitative estimate of drug-likeness (QED) is 0.610. The fourth-order valence-corrected chi connectivity index (χ4v) is 4.85. The zero-order chi connectivity index (χ0) is 16.4. The number of thiocarbonyl (C=S) groups is 1. The molecular formula is C16H13Cl3N2S2. The monoisotopic (exact) mass is 402 g/mol.